The number of hydrogen-bond acceptors (Lipinski definition) is 4. The largest absolute Gasteiger partial charge is 0.419 e. The summed E-state index contributed by atoms with van der Waals surface area (Å²) in [4.78, 5) is 21.9. The maximum absolute atomic E-state index is 11.7. The Kier molecular flexibility index (Phi) is 4.63. The van der Waals surface area contributed by atoms with Crippen molar-refractivity contribution in [2.24, 2.45) is 5.92 Å². The van der Waals surface area contributed by atoms with Crippen molar-refractivity contribution >= 4 is 11.7 Å². The normalized spacial score (nSPS) is 10.3. The standard InChI is InChI=1S/C12H15NO4/c1-3-9(4-2)12(14)17-11-8-6-5-7-10(11)13(15)16/h5-9H,3-4H2,1-2H3. The smallest absolute Gasteiger partial charge is 0.314 e. The summed E-state index contributed by atoms with van der Waals surface area (Å²) in [7, 11) is 0. The summed E-state index contributed by atoms with van der Waals surface area (Å²) in [6, 6.07) is 5.88. The van der Waals surface area contributed by atoms with Crippen LogP contribution in [0.5, 0.6) is 5.75 Å². The summed E-state index contributed by atoms with van der Waals surface area (Å²) in [5.41, 5.74) is -0.188. The fraction of sp³-hybridized carbons (Fsp3) is 0.417. The van der Waals surface area contributed by atoms with Gasteiger partial charge in [0.25, 0.3) is 0 Å². The third kappa shape index (κ3) is 3.27. The summed E-state index contributed by atoms with van der Waals surface area (Å²) in [5.74, 6) is -0.617. The molecule has 5 nitrogen and oxygen atoms in total. The average molecular weight is 237 g/mol. The van der Waals surface area contributed by atoms with E-state index in [0.29, 0.717) is 12.8 Å². The summed E-state index contributed by atoms with van der Waals surface area (Å²) in [5, 5.41) is 10.7. The van der Waals surface area contributed by atoms with E-state index >= 15 is 0 Å². The first kappa shape index (κ1) is 13.2. The Hall–Kier alpha value is -1.91. The fourth-order valence-corrected chi connectivity index (χ4v) is 1.51. The number of nitro benzene ring substituents is 1. The minimum absolute atomic E-state index is 0.00870. The SMILES string of the molecule is CCC(CC)C(=O)Oc1ccccc1[N+](=O)[O-]. The third-order valence-electron chi connectivity index (χ3n) is 2.59. The molecule has 0 aliphatic carbocycles. The zero-order valence-corrected chi connectivity index (χ0v) is 9.88. The van der Waals surface area contributed by atoms with Crippen LogP contribution in [-0.2, 0) is 4.79 Å². The number of nitro groups is 1. The summed E-state index contributed by atoms with van der Waals surface area (Å²) < 4.78 is 5.07. The van der Waals surface area contributed by atoms with Crippen LogP contribution in [0.3, 0.4) is 0 Å². The zero-order chi connectivity index (χ0) is 12.8. The predicted molar refractivity (Wildman–Crippen MR) is 62.8 cm³/mol. The van der Waals surface area contributed by atoms with E-state index in [1.165, 1.54) is 18.2 Å². The van der Waals surface area contributed by atoms with Gasteiger partial charge in [0.05, 0.1) is 10.8 Å². The maximum Gasteiger partial charge on any atom is 0.314 e. The number of para-hydroxylation sites is 2. The zero-order valence-electron chi connectivity index (χ0n) is 9.88. The molecule has 0 saturated carbocycles. The first-order valence-corrected chi connectivity index (χ1v) is 5.55. The molecule has 0 bridgehead atoms. The maximum atomic E-state index is 11.7. The molecule has 0 spiro atoms. The second-order valence-electron chi connectivity index (χ2n) is 3.66. The second kappa shape index (κ2) is 5.98. The highest BCUT2D eigenvalue weighted by Gasteiger charge is 2.21. The Balaban J connectivity index is 2.88. The molecule has 17 heavy (non-hydrogen) atoms. The van der Waals surface area contributed by atoms with Crippen molar-refractivity contribution in [3.05, 3.63) is 34.4 Å². The minimum Gasteiger partial charge on any atom is -0.419 e. The molecular formula is C12H15NO4. The number of rotatable bonds is 5. The molecule has 92 valence electrons. The van der Waals surface area contributed by atoms with Gasteiger partial charge in [0.1, 0.15) is 0 Å². The van der Waals surface area contributed by atoms with Crippen molar-refractivity contribution in [1.29, 1.82) is 0 Å². The van der Waals surface area contributed by atoms with E-state index in [9.17, 15) is 14.9 Å². The van der Waals surface area contributed by atoms with Crippen LogP contribution in [0.1, 0.15) is 26.7 Å². The van der Waals surface area contributed by atoms with Crippen molar-refractivity contribution < 1.29 is 14.5 Å². The molecule has 0 aromatic heterocycles. The highest BCUT2D eigenvalue weighted by molar-refractivity contribution is 5.76. The molecule has 5 heteroatoms. The molecule has 0 aliphatic heterocycles. The van der Waals surface area contributed by atoms with E-state index in [-0.39, 0.29) is 17.4 Å². The molecule has 0 radical (unpaired) electrons. The lowest BCUT2D eigenvalue weighted by atomic mass is 10.0. The number of carbonyl (C=O) groups excluding carboxylic acids is 1. The van der Waals surface area contributed by atoms with E-state index in [1.807, 2.05) is 13.8 Å². The van der Waals surface area contributed by atoms with Gasteiger partial charge in [-0.25, -0.2) is 0 Å². The number of benzene rings is 1. The van der Waals surface area contributed by atoms with Gasteiger partial charge in [-0.05, 0) is 18.9 Å². The van der Waals surface area contributed by atoms with Crippen LogP contribution in [0.4, 0.5) is 5.69 Å². The Labute approximate surface area is 99.5 Å². The van der Waals surface area contributed by atoms with Crippen LogP contribution < -0.4 is 4.74 Å². The molecule has 0 saturated heterocycles. The summed E-state index contributed by atoms with van der Waals surface area (Å²) in [6.07, 6.45) is 1.33. The van der Waals surface area contributed by atoms with Crippen LogP contribution >= 0.6 is 0 Å². The average Bonchev–Trinajstić information content (AvgIpc) is 2.31. The highest BCUT2D eigenvalue weighted by atomic mass is 16.6. The molecular weight excluding hydrogens is 222 g/mol. The van der Waals surface area contributed by atoms with Crippen LogP contribution in [0.2, 0.25) is 0 Å². The Morgan fingerprint density at radius 1 is 1.35 bits per heavy atom. The topological polar surface area (TPSA) is 69.4 Å². The first-order valence-electron chi connectivity index (χ1n) is 5.55. The second-order valence-corrected chi connectivity index (χ2v) is 3.66. The fourth-order valence-electron chi connectivity index (χ4n) is 1.51. The molecule has 0 N–H and O–H groups in total. The molecule has 1 aromatic carbocycles. The summed E-state index contributed by atoms with van der Waals surface area (Å²) in [6.45, 7) is 3.77. The van der Waals surface area contributed by atoms with Crippen LogP contribution in [0, 0.1) is 16.0 Å². The molecule has 1 aromatic rings. The molecule has 0 amide bonds. The van der Waals surface area contributed by atoms with Gasteiger partial charge in [0.15, 0.2) is 0 Å². The van der Waals surface area contributed by atoms with Crippen molar-refractivity contribution in [3.8, 4) is 5.75 Å². The first-order chi connectivity index (χ1) is 8.10. The van der Waals surface area contributed by atoms with Gasteiger partial charge in [0, 0.05) is 6.07 Å². The lowest BCUT2D eigenvalue weighted by Crippen LogP contribution is -2.19. The van der Waals surface area contributed by atoms with Crippen molar-refractivity contribution in [2.45, 2.75) is 26.7 Å². The van der Waals surface area contributed by atoms with E-state index in [0.717, 1.165) is 0 Å². The third-order valence-corrected chi connectivity index (χ3v) is 2.59. The van der Waals surface area contributed by atoms with Crippen molar-refractivity contribution in [1.82, 2.24) is 0 Å². The lowest BCUT2D eigenvalue weighted by molar-refractivity contribution is -0.385. The molecule has 0 atom stereocenters. The van der Waals surface area contributed by atoms with Gasteiger partial charge in [-0.3, -0.25) is 14.9 Å². The Morgan fingerprint density at radius 3 is 2.47 bits per heavy atom. The number of carbonyl (C=O) groups is 1. The van der Waals surface area contributed by atoms with E-state index < -0.39 is 10.9 Å². The Morgan fingerprint density at radius 2 is 1.94 bits per heavy atom. The van der Waals surface area contributed by atoms with Crippen molar-refractivity contribution in [3.63, 3.8) is 0 Å². The van der Waals surface area contributed by atoms with Crippen molar-refractivity contribution in [2.75, 3.05) is 0 Å². The minimum atomic E-state index is -0.560. The van der Waals surface area contributed by atoms with E-state index in [4.69, 9.17) is 4.74 Å². The monoisotopic (exact) mass is 237 g/mol. The van der Waals surface area contributed by atoms with Crippen LogP contribution in [0.15, 0.2) is 24.3 Å². The van der Waals surface area contributed by atoms with Gasteiger partial charge in [-0.15, -0.1) is 0 Å². The quantitative estimate of drug-likeness (QED) is 0.341. The van der Waals surface area contributed by atoms with Gasteiger partial charge in [-0.1, -0.05) is 26.0 Å². The molecule has 0 fully saturated rings. The molecule has 0 aliphatic rings. The molecule has 0 unspecified atom stereocenters. The molecule has 1 rings (SSSR count). The highest BCUT2D eigenvalue weighted by Crippen LogP contribution is 2.27. The van der Waals surface area contributed by atoms with Gasteiger partial charge < -0.3 is 4.74 Å². The van der Waals surface area contributed by atoms with Gasteiger partial charge in [-0.2, -0.15) is 0 Å². The number of hydrogen-bond donors (Lipinski definition) is 0. The summed E-state index contributed by atoms with van der Waals surface area (Å²) >= 11 is 0. The number of esters is 1. The van der Waals surface area contributed by atoms with Gasteiger partial charge >= 0.3 is 11.7 Å². The Bertz CT molecular complexity index is 413. The number of ether oxygens (including phenoxy) is 1. The predicted octanol–water partition coefficient (Wildman–Crippen LogP) is 2.94. The van der Waals surface area contributed by atoms with E-state index in [1.54, 1.807) is 6.07 Å². The van der Waals surface area contributed by atoms with E-state index in [2.05, 4.69) is 0 Å². The lowest BCUT2D eigenvalue weighted by Gasteiger charge is -2.11. The van der Waals surface area contributed by atoms with Crippen LogP contribution in [-0.4, -0.2) is 10.9 Å². The molecule has 0 heterocycles. The van der Waals surface area contributed by atoms with Crippen LogP contribution in [0.25, 0.3) is 0 Å². The number of nitrogens with zero attached hydrogens (tertiary/aromatic N) is 1. The van der Waals surface area contributed by atoms with Gasteiger partial charge in [0.2, 0.25) is 5.75 Å².